The Kier molecular flexibility index (Phi) is 3.89. The van der Waals surface area contributed by atoms with Crippen molar-refractivity contribution in [2.45, 2.75) is 33.0 Å². The van der Waals surface area contributed by atoms with Crippen molar-refractivity contribution >= 4 is 0 Å². The second kappa shape index (κ2) is 4.97. The van der Waals surface area contributed by atoms with Crippen molar-refractivity contribution in [2.75, 3.05) is 6.67 Å². The van der Waals surface area contributed by atoms with Crippen LogP contribution in [0, 0.1) is 0 Å². The lowest BCUT2D eigenvalue weighted by Gasteiger charge is -2.04. The van der Waals surface area contributed by atoms with Gasteiger partial charge in [0.1, 0.15) is 6.67 Å². The number of rotatable bonds is 5. The summed E-state index contributed by atoms with van der Waals surface area (Å²) in [5.41, 5.74) is 1.10. The fourth-order valence-electron chi connectivity index (χ4n) is 1.03. The van der Waals surface area contributed by atoms with Crippen LogP contribution >= 0.6 is 0 Å². The number of aromatic nitrogens is 2. The number of alkyl halides is 1. The maximum atomic E-state index is 11.9. The molecule has 0 aliphatic heterocycles. The van der Waals surface area contributed by atoms with Crippen LogP contribution < -0.4 is 5.32 Å². The number of aryl methyl sites for hydroxylation is 1. The standard InChI is InChI=1S/C9H16FN3/c1-8(2)11-5-9-6-12-13(7-9)4-3-10/h6-8,11H,3-5H2,1-2H3. The smallest absolute Gasteiger partial charge is 0.109 e. The van der Waals surface area contributed by atoms with Gasteiger partial charge >= 0.3 is 0 Å². The lowest BCUT2D eigenvalue weighted by molar-refractivity contribution is 0.427. The molecule has 1 heterocycles. The molecule has 0 saturated heterocycles. The van der Waals surface area contributed by atoms with Crippen LogP contribution in [0.25, 0.3) is 0 Å². The number of halogens is 1. The molecule has 3 nitrogen and oxygen atoms in total. The van der Waals surface area contributed by atoms with Crippen LogP contribution in [0.15, 0.2) is 12.4 Å². The van der Waals surface area contributed by atoms with Gasteiger partial charge in [-0.05, 0) is 0 Å². The summed E-state index contributed by atoms with van der Waals surface area (Å²) in [5.74, 6) is 0. The van der Waals surface area contributed by atoms with Gasteiger partial charge in [-0.3, -0.25) is 4.68 Å². The first-order valence-electron chi connectivity index (χ1n) is 4.53. The van der Waals surface area contributed by atoms with Gasteiger partial charge in [0.25, 0.3) is 0 Å². The van der Waals surface area contributed by atoms with E-state index in [4.69, 9.17) is 0 Å². The molecule has 0 aromatic carbocycles. The molecular formula is C9H16FN3. The van der Waals surface area contributed by atoms with Gasteiger partial charge in [0.05, 0.1) is 12.7 Å². The summed E-state index contributed by atoms with van der Waals surface area (Å²) in [5, 5.41) is 7.29. The third kappa shape index (κ3) is 3.55. The van der Waals surface area contributed by atoms with Crippen molar-refractivity contribution in [1.29, 1.82) is 0 Å². The number of hydrogen-bond donors (Lipinski definition) is 1. The van der Waals surface area contributed by atoms with Crippen molar-refractivity contribution < 1.29 is 4.39 Å². The van der Waals surface area contributed by atoms with Crippen molar-refractivity contribution in [3.8, 4) is 0 Å². The Morgan fingerprint density at radius 3 is 3.00 bits per heavy atom. The highest BCUT2D eigenvalue weighted by Gasteiger charge is 1.98. The van der Waals surface area contributed by atoms with Gasteiger partial charge in [0.15, 0.2) is 0 Å². The molecule has 13 heavy (non-hydrogen) atoms. The van der Waals surface area contributed by atoms with Crippen LogP contribution in [-0.4, -0.2) is 22.5 Å². The van der Waals surface area contributed by atoms with Gasteiger partial charge in [-0.1, -0.05) is 13.8 Å². The predicted octanol–water partition coefficient (Wildman–Crippen LogP) is 1.35. The predicted molar refractivity (Wildman–Crippen MR) is 50.2 cm³/mol. The highest BCUT2D eigenvalue weighted by molar-refractivity contribution is 5.03. The third-order valence-electron chi connectivity index (χ3n) is 1.71. The van der Waals surface area contributed by atoms with E-state index in [1.807, 2.05) is 6.20 Å². The van der Waals surface area contributed by atoms with Crippen molar-refractivity contribution in [3.05, 3.63) is 18.0 Å². The molecule has 0 bridgehead atoms. The molecule has 0 aliphatic carbocycles. The molecule has 0 aliphatic rings. The lowest BCUT2D eigenvalue weighted by atomic mass is 10.3. The Morgan fingerprint density at radius 2 is 2.38 bits per heavy atom. The highest BCUT2D eigenvalue weighted by Crippen LogP contribution is 1.97. The fraction of sp³-hybridized carbons (Fsp3) is 0.667. The summed E-state index contributed by atoms with van der Waals surface area (Å²) in [6.45, 7) is 4.96. The van der Waals surface area contributed by atoms with E-state index in [1.54, 1.807) is 10.9 Å². The topological polar surface area (TPSA) is 29.9 Å². The van der Waals surface area contributed by atoms with E-state index in [-0.39, 0.29) is 6.67 Å². The fourth-order valence-corrected chi connectivity index (χ4v) is 1.03. The van der Waals surface area contributed by atoms with Gasteiger partial charge in [-0.25, -0.2) is 4.39 Å². The summed E-state index contributed by atoms with van der Waals surface area (Å²) in [6.07, 6.45) is 3.64. The number of nitrogens with one attached hydrogen (secondary N) is 1. The molecule has 1 aromatic rings. The zero-order chi connectivity index (χ0) is 9.68. The second-order valence-electron chi connectivity index (χ2n) is 3.34. The van der Waals surface area contributed by atoms with Crippen molar-refractivity contribution in [3.63, 3.8) is 0 Å². The van der Waals surface area contributed by atoms with E-state index in [9.17, 15) is 4.39 Å². The first-order valence-corrected chi connectivity index (χ1v) is 4.53. The third-order valence-corrected chi connectivity index (χ3v) is 1.71. The maximum absolute atomic E-state index is 11.9. The Bertz CT molecular complexity index is 245. The van der Waals surface area contributed by atoms with Crippen LogP contribution in [0.1, 0.15) is 19.4 Å². The molecule has 1 rings (SSSR count). The first-order chi connectivity index (χ1) is 6.22. The van der Waals surface area contributed by atoms with E-state index in [0.29, 0.717) is 12.6 Å². The van der Waals surface area contributed by atoms with Gasteiger partial charge in [-0.2, -0.15) is 5.10 Å². The second-order valence-corrected chi connectivity index (χ2v) is 3.34. The van der Waals surface area contributed by atoms with Crippen LogP contribution in [0.5, 0.6) is 0 Å². The Hall–Kier alpha value is -0.900. The van der Waals surface area contributed by atoms with E-state index >= 15 is 0 Å². The zero-order valence-electron chi connectivity index (χ0n) is 8.13. The minimum Gasteiger partial charge on any atom is -0.310 e. The Morgan fingerprint density at radius 1 is 1.62 bits per heavy atom. The summed E-state index contributed by atoms with van der Waals surface area (Å²) in [7, 11) is 0. The van der Waals surface area contributed by atoms with E-state index in [2.05, 4.69) is 24.3 Å². The molecule has 0 fully saturated rings. The minimum atomic E-state index is -0.362. The van der Waals surface area contributed by atoms with Gasteiger partial charge in [-0.15, -0.1) is 0 Å². The van der Waals surface area contributed by atoms with Crippen molar-refractivity contribution in [2.24, 2.45) is 0 Å². The van der Waals surface area contributed by atoms with E-state index in [1.165, 1.54) is 0 Å². The quantitative estimate of drug-likeness (QED) is 0.750. The molecule has 0 saturated carbocycles. The molecule has 0 spiro atoms. The SMILES string of the molecule is CC(C)NCc1cnn(CCF)c1. The molecule has 74 valence electrons. The molecule has 0 amide bonds. The molecule has 1 N–H and O–H groups in total. The van der Waals surface area contributed by atoms with Crippen LogP contribution in [0.3, 0.4) is 0 Å². The summed E-state index contributed by atoms with van der Waals surface area (Å²) in [4.78, 5) is 0. The largest absolute Gasteiger partial charge is 0.310 e. The maximum Gasteiger partial charge on any atom is 0.109 e. The number of hydrogen-bond acceptors (Lipinski definition) is 2. The lowest BCUT2D eigenvalue weighted by Crippen LogP contribution is -2.21. The number of nitrogens with zero attached hydrogens (tertiary/aromatic N) is 2. The van der Waals surface area contributed by atoms with Crippen LogP contribution in [-0.2, 0) is 13.1 Å². The molecule has 0 unspecified atom stereocenters. The van der Waals surface area contributed by atoms with E-state index < -0.39 is 0 Å². The summed E-state index contributed by atoms with van der Waals surface area (Å²) >= 11 is 0. The summed E-state index contributed by atoms with van der Waals surface area (Å²) < 4.78 is 13.5. The highest BCUT2D eigenvalue weighted by atomic mass is 19.1. The van der Waals surface area contributed by atoms with Crippen molar-refractivity contribution in [1.82, 2.24) is 15.1 Å². The molecular weight excluding hydrogens is 169 g/mol. The Balaban J connectivity index is 2.39. The molecule has 0 atom stereocenters. The zero-order valence-corrected chi connectivity index (χ0v) is 8.13. The Labute approximate surface area is 77.9 Å². The molecule has 1 aromatic heterocycles. The van der Waals surface area contributed by atoms with Gasteiger partial charge in [0, 0.05) is 24.3 Å². The monoisotopic (exact) mass is 185 g/mol. The first kappa shape index (κ1) is 10.2. The van der Waals surface area contributed by atoms with Gasteiger partial charge < -0.3 is 5.32 Å². The van der Waals surface area contributed by atoms with Gasteiger partial charge in [0.2, 0.25) is 0 Å². The average molecular weight is 185 g/mol. The summed E-state index contributed by atoms with van der Waals surface area (Å²) in [6, 6.07) is 0.463. The van der Waals surface area contributed by atoms with E-state index in [0.717, 1.165) is 12.1 Å². The average Bonchev–Trinajstić information content (AvgIpc) is 2.50. The molecule has 4 heteroatoms. The van der Waals surface area contributed by atoms with Crippen LogP contribution in [0.2, 0.25) is 0 Å². The normalized spacial score (nSPS) is 11.1. The minimum absolute atomic E-state index is 0.349. The van der Waals surface area contributed by atoms with Crippen LogP contribution in [0.4, 0.5) is 4.39 Å². The molecule has 0 radical (unpaired) electrons.